The number of rotatable bonds is 2. The molecule has 0 radical (unpaired) electrons. The summed E-state index contributed by atoms with van der Waals surface area (Å²) in [5.74, 6) is -0.364. The van der Waals surface area contributed by atoms with Crippen LogP contribution in [0.2, 0.25) is 0 Å². The standard InChI is InChI=1S/C8H13NO3/c1-2-8(5-10)4-6(11)3-7(12)9-8/h10H,2-5H2,1H3,(H,9,12). The number of carbonyl (C=O) groups excluding carboxylic acids is 2. The Hall–Kier alpha value is -0.900. The van der Waals surface area contributed by atoms with Gasteiger partial charge < -0.3 is 10.4 Å². The molecule has 68 valence electrons. The zero-order valence-electron chi connectivity index (χ0n) is 7.09. The molecule has 1 heterocycles. The average molecular weight is 171 g/mol. The maximum Gasteiger partial charge on any atom is 0.227 e. The van der Waals surface area contributed by atoms with Crippen LogP contribution in [-0.2, 0) is 9.59 Å². The molecule has 1 rings (SSSR count). The molecule has 1 atom stereocenters. The number of aliphatic hydroxyl groups excluding tert-OH is 1. The summed E-state index contributed by atoms with van der Waals surface area (Å²) in [6.45, 7) is 1.68. The van der Waals surface area contributed by atoms with Gasteiger partial charge in [0.15, 0.2) is 0 Å². The van der Waals surface area contributed by atoms with Crippen LogP contribution in [0, 0.1) is 0 Å². The molecule has 2 N–H and O–H groups in total. The Kier molecular flexibility index (Phi) is 2.47. The van der Waals surface area contributed by atoms with Crippen LogP contribution >= 0.6 is 0 Å². The largest absolute Gasteiger partial charge is 0.394 e. The van der Waals surface area contributed by atoms with Crippen LogP contribution in [0.25, 0.3) is 0 Å². The van der Waals surface area contributed by atoms with Gasteiger partial charge in [-0.3, -0.25) is 9.59 Å². The SMILES string of the molecule is CCC1(CO)CC(=O)CC(=O)N1. The number of Topliss-reactive ketones (excluding diaryl/α,β-unsaturated/α-hetero) is 1. The van der Waals surface area contributed by atoms with Gasteiger partial charge in [-0.2, -0.15) is 0 Å². The first-order valence-corrected chi connectivity index (χ1v) is 4.05. The van der Waals surface area contributed by atoms with E-state index in [4.69, 9.17) is 5.11 Å². The van der Waals surface area contributed by atoms with Gasteiger partial charge >= 0.3 is 0 Å². The van der Waals surface area contributed by atoms with E-state index in [-0.39, 0.29) is 31.1 Å². The third-order valence-electron chi connectivity index (χ3n) is 2.28. The van der Waals surface area contributed by atoms with E-state index in [2.05, 4.69) is 5.32 Å². The van der Waals surface area contributed by atoms with Crippen molar-refractivity contribution in [3.05, 3.63) is 0 Å². The fourth-order valence-electron chi connectivity index (χ4n) is 1.42. The first kappa shape index (κ1) is 9.19. The van der Waals surface area contributed by atoms with Gasteiger partial charge in [-0.25, -0.2) is 0 Å². The predicted octanol–water partition coefficient (Wildman–Crippen LogP) is -0.393. The number of hydrogen-bond acceptors (Lipinski definition) is 3. The van der Waals surface area contributed by atoms with Crippen LogP contribution in [0.15, 0.2) is 0 Å². The van der Waals surface area contributed by atoms with E-state index in [0.29, 0.717) is 6.42 Å². The van der Waals surface area contributed by atoms with E-state index in [1.54, 1.807) is 0 Å². The molecule has 1 saturated heterocycles. The normalized spacial score (nSPS) is 30.2. The van der Waals surface area contributed by atoms with Crippen molar-refractivity contribution < 1.29 is 14.7 Å². The molecule has 0 aromatic carbocycles. The fourth-order valence-corrected chi connectivity index (χ4v) is 1.42. The zero-order chi connectivity index (χ0) is 9.19. The van der Waals surface area contributed by atoms with Gasteiger partial charge in [0, 0.05) is 6.42 Å². The lowest BCUT2D eigenvalue weighted by atomic mass is 9.86. The van der Waals surface area contributed by atoms with Crippen molar-refractivity contribution in [3.63, 3.8) is 0 Å². The molecule has 1 aliphatic rings. The molecule has 1 amide bonds. The molecule has 4 heteroatoms. The van der Waals surface area contributed by atoms with Crippen LogP contribution < -0.4 is 5.32 Å². The van der Waals surface area contributed by atoms with E-state index in [1.165, 1.54) is 0 Å². The second-order valence-corrected chi connectivity index (χ2v) is 3.23. The molecule has 0 spiro atoms. The quantitative estimate of drug-likeness (QED) is 0.556. The first-order chi connectivity index (χ1) is 5.62. The minimum Gasteiger partial charge on any atom is -0.394 e. The van der Waals surface area contributed by atoms with Crippen molar-refractivity contribution in [1.29, 1.82) is 0 Å². The zero-order valence-corrected chi connectivity index (χ0v) is 7.09. The molecule has 0 aromatic heterocycles. The van der Waals surface area contributed by atoms with Crippen LogP contribution in [0.1, 0.15) is 26.2 Å². The van der Waals surface area contributed by atoms with Gasteiger partial charge in [-0.15, -0.1) is 0 Å². The summed E-state index contributed by atoms with van der Waals surface area (Å²) in [6.07, 6.45) is 0.800. The lowest BCUT2D eigenvalue weighted by Gasteiger charge is -2.34. The van der Waals surface area contributed by atoms with Gasteiger partial charge in [0.1, 0.15) is 5.78 Å². The summed E-state index contributed by atoms with van der Waals surface area (Å²) in [5, 5.41) is 11.7. The van der Waals surface area contributed by atoms with E-state index < -0.39 is 5.54 Å². The maximum absolute atomic E-state index is 11.0. The van der Waals surface area contributed by atoms with Crippen LogP contribution in [-0.4, -0.2) is 28.9 Å². The topological polar surface area (TPSA) is 66.4 Å². The van der Waals surface area contributed by atoms with Gasteiger partial charge in [0.2, 0.25) is 5.91 Å². The van der Waals surface area contributed by atoms with Gasteiger partial charge in [-0.05, 0) is 6.42 Å². The maximum atomic E-state index is 11.0. The molecule has 1 fully saturated rings. The minimum atomic E-state index is -0.688. The molecule has 1 aliphatic heterocycles. The molecule has 0 bridgehead atoms. The van der Waals surface area contributed by atoms with Crippen molar-refractivity contribution in [2.45, 2.75) is 31.7 Å². The summed E-state index contributed by atoms with van der Waals surface area (Å²) in [5.41, 5.74) is -0.688. The molecular weight excluding hydrogens is 158 g/mol. The number of hydrogen-bond donors (Lipinski definition) is 2. The lowest BCUT2D eigenvalue weighted by molar-refractivity contribution is -0.135. The number of amides is 1. The van der Waals surface area contributed by atoms with Gasteiger partial charge in [0.25, 0.3) is 0 Å². The van der Waals surface area contributed by atoms with E-state index in [1.807, 2.05) is 6.92 Å². The van der Waals surface area contributed by atoms with Crippen LogP contribution in [0.4, 0.5) is 0 Å². The predicted molar refractivity (Wildman–Crippen MR) is 42.5 cm³/mol. The van der Waals surface area contributed by atoms with E-state index in [9.17, 15) is 9.59 Å². The summed E-state index contributed by atoms with van der Waals surface area (Å²) < 4.78 is 0. The highest BCUT2D eigenvalue weighted by Crippen LogP contribution is 2.20. The van der Waals surface area contributed by atoms with Crippen molar-refractivity contribution >= 4 is 11.7 Å². The Bertz CT molecular complexity index is 190. The fraction of sp³-hybridized carbons (Fsp3) is 0.750. The van der Waals surface area contributed by atoms with Gasteiger partial charge in [-0.1, -0.05) is 6.92 Å². The third-order valence-corrected chi connectivity index (χ3v) is 2.28. The second-order valence-electron chi connectivity index (χ2n) is 3.23. The third kappa shape index (κ3) is 1.64. The number of carbonyl (C=O) groups is 2. The Balaban J connectivity index is 2.76. The smallest absolute Gasteiger partial charge is 0.227 e. The highest BCUT2D eigenvalue weighted by molar-refractivity contribution is 6.01. The summed E-state index contributed by atoms with van der Waals surface area (Å²) >= 11 is 0. The molecule has 0 aliphatic carbocycles. The minimum absolute atomic E-state index is 0.0399. The molecule has 1 unspecified atom stereocenters. The van der Waals surface area contributed by atoms with Crippen molar-refractivity contribution in [2.75, 3.05) is 6.61 Å². The molecule has 0 aromatic rings. The first-order valence-electron chi connectivity index (χ1n) is 4.05. The molecule has 12 heavy (non-hydrogen) atoms. The monoisotopic (exact) mass is 171 g/mol. The highest BCUT2D eigenvalue weighted by atomic mass is 16.3. The number of ketones is 1. The van der Waals surface area contributed by atoms with E-state index in [0.717, 1.165) is 0 Å². The van der Waals surface area contributed by atoms with Crippen molar-refractivity contribution in [1.82, 2.24) is 5.32 Å². The van der Waals surface area contributed by atoms with Crippen molar-refractivity contribution in [3.8, 4) is 0 Å². The summed E-state index contributed by atoms with van der Waals surface area (Å²) in [6, 6.07) is 0. The second kappa shape index (κ2) is 3.23. The molecule has 4 nitrogen and oxygen atoms in total. The molecular formula is C8H13NO3. The number of piperidine rings is 1. The molecule has 0 saturated carbocycles. The van der Waals surface area contributed by atoms with Crippen LogP contribution in [0.3, 0.4) is 0 Å². The van der Waals surface area contributed by atoms with Gasteiger partial charge in [0.05, 0.1) is 18.6 Å². The summed E-state index contributed by atoms with van der Waals surface area (Å²) in [4.78, 5) is 22.0. The Labute approximate surface area is 71.0 Å². The van der Waals surface area contributed by atoms with Crippen molar-refractivity contribution in [2.24, 2.45) is 0 Å². The Morgan fingerprint density at radius 2 is 2.25 bits per heavy atom. The number of aliphatic hydroxyl groups is 1. The highest BCUT2D eigenvalue weighted by Gasteiger charge is 2.36. The van der Waals surface area contributed by atoms with E-state index >= 15 is 0 Å². The summed E-state index contributed by atoms with van der Waals surface area (Å²) in [7, 11) is 0. The van der Waals surface area contributed by atoms with Crippen LogP contribution in [0.5, 0.6) is 0 Å². The Morgan fingerprint density at radius 3 is 2.67 bits per heavy atom. The lowest BCUT2D eigenvalue weighted by Crippen LogP contribution is -2.56. The Morgan fingerprint density at radius 1 is 1.58 bits per heavy atom. The average Bonchev–Trinajstić information content (AvgIpc) is 2.02. The number of nitrogens with one attached hydrogen (secondary N) is 1.